The fourth-order valence-corrected chi connectivity index (χ4v) is 4.55. The van der Waals surface area contributed by atoms with E-state index in [9.17, 15) is 4.79 Å². The Balaban J connectivity index is 0.00000289. The minimum atomic E-state index is 0. The molecular weight excluding hydrogens is 517 g/mol. The third-order valence-electron chi connectivity index (χ3n) is 6.57. The van der Waals surface area contributed by atoms with Crippen LogP contribution in [0.1, 0.15) is 42.9 Å². The van der Waals surface area contributed by atoms with Crippen molar-refractivity contribution in [1.82, 2.24) is 20.4 Å². The average Bonchev–Trinajstić information content (AvgIpc) is 3.60. The predicted molar refractivity (Wildman–Crippen MR) is 139 cm³/mol. The van der Waals surface area contributed by atoms with Crippen molar-refractivity contribution in [2.24, 2.45) is 10.9 Å². The quantitative estimate of drug-likeness (QED) is 0.321. The lowest BCUT2D eigenvalue weighted by atomic mass is 9.89. The van der Waals surface area contributed by atoms with Crippen molar-refractivity contribution in [2.45, 2.75) is 44.8 Å². The largest absolute Gasteiger partial charge is 0.373 e. The highest BCUT2D eigenvalue weighted by Gasteiger charge is 2.29. The first kappa shape index (κ1) is 25.2. The zero-order chi connectivity index (χ0) is 21.6. The van der Waals surface area contributed by atoms with Crippen molar-refractivity contribution in [3.63, 3.8) is 0 Å². The number of hydrogen-bond donors (Lipinski definition) is 2. The SMILES string of the molecule is CN=C(NCC1CCCOC1c1ccc(C)cc1)N1CCN(CC(=O)NC2CC2)CC1.I. The molecule has 1 aromatic carbocycles. The van der Waals surface area contributed by atoms with Crippen LogP contribution in [0.25, 0.3) is 0 Å². The van der Waals surface area contributed by atoms with Gasteiger partial charge in [-0.2, -0.15) is 0 Å². The van der Waals surface area contributed by atoms with Crippen LogP contribution in [0.4, 0.5) is 0 Å². The maximum atomic E-state index is 12.1. The Labute approximate surface area is 209 Å². The number of carbonyl (C=O) groups is 1. The summed E-state index contributed by atoms with van der Waals surface area (Å²) in [6.07, 6.45) is 4.68. The van der Waals surface area contributed by atoms with E-state index in [1.807, 2.05) is 7.05 Å². The van der Waals surface area contributed by atoms with Gasteiger partial charge >= 0.3 is 0 Å². The Morgan fingerprint density at radius 3 is 2.50 bits per heavy atom. The number of nitrogens with zero attached hydrogens (tertiary/aromatic N) is 3. The molecule has 2 saturated heterocycles. The van der Waals surface area contributed by atoms with Gasteiger partial charge in [-0.15, -0.1) is 24.0 Å². The van der Waals surface area contributed by atoms with Crippen molar-refractivity contribution in [3.05, 3.63) is 35.4 Å². The van der Waals surface area contributed by atoms with Crippen molar-refractivity contribution in [2.75, 3.05) is 52.9 Å². The Hall–Kier alpha value is -1.39. The van der Waals surface area contributed by atoms with Crippen molar-refractivity contribution < 1.29 is 9.53 Å². The number of nitrogens with one attached hydrogen (secondary N) is 2. The van der Waals surface area contributed by atoms with Gasteiger partial charge in [0.1, 0.15) is 0 Å². The van der Waals surface area contributed by atoms with Crippen LogP contribution in [0.3, 0.4) is 0 Å². The molecule has 0 spiro atoms. The molecule has 1 amide bonds. The average molecular weight is 556 g/mol. The number of rotatable bonds is 6. The number of hydrogen-bond acceptors (Lipinski definition) is 4. The Kier molecular flexibility index (Phi) is 9.61. The second-order valence-electron chi connectivity index (χ2n) is 9.14. The molecular formula is C24H38IN5O2. The molecule has 2 heterocycles. The number of ether oxygens (including phenoxy) is 1. The monoisotopic (exact) mass is 555 g/mol. The lowest BCUT2D eigenvalue weighted by Gasteiger charge is -2.37. The van der Waals surface area contributed by atoms with Crippen molar-refractivity contribution in [1.29, 1.82) is 0 Å². The van der Waals surface area contributed by atoms with Crippen LogP contribution in [0.2, 0.25) is 0 Å². The van der Waals surface area contributed by atoms with Gasteiger partial charge in [-0.25, -0.2) is 0 Å². The molecule has 8 heteroatoms. The van der Waals surface area contributed by atoms with E-state index in [1.54, 1.807) is 0 Å². The lowest BCUT2D eigenvalue weighted by Crippen LogP contribution is -2.54. The second kappa shape index (κ2) is 12.2. The summed E-state index contributed by atoms with van der Waals surface area (Å²) in [5.74, 6) is 1.55. The maximum Gasteiger partial charge on any atom is 0.234 e. The summed E-state index contributed by atoms with van der Waals surface area (Å²) in [5.41, 5.74) is 2.55. The molecule has 7 nitrogen and oxygen atoms in total. The summed E-state index contributed by atoms with van der Waals surface area (Å²) < 4.78 is 6.17. The molecule has 0 radical (unpaired) electrons. The highest BCUT2D eigenvalue weighted by atomic mass is 127. The van der Waals surface area contributed by atoms with E-state index in [0.29, 0.717) is 18.5 Å². The number of guanidine groups is 1. The molecule has 0 bridgehead atoms. The minimum absolute atomic E-state index is 0. The van der Waals surface area contributed by atoms with E-state index in [-0.39, 0.29) is 36.0 Å². The fraction of sp³-hybridized carbons (Fsp3) is 0.667. The van der Waals surface area contributed by atoms with Gasteiger partial charge in [0.15, 0.2) is 5.96 Å². The minimum Gasteiger partial charge on any atom is -0.373 e. The standard InChI is InChI=1S/C24H37N5O2.HI/c1-18-5-7-19(8-6-18)23-20(4-3-15-31-23)16-26-24(25-2)29-13-11-28(12-14-29)17-22(30)27-21-9-10-21;/h5-8,20-21,23H,3-4,9-17H2,1-2H3,(H,25,26)(H,27,30);1H. The first-order chi connectivity index (χ1) is 15.1. The number of benzene rings is 1. The second-order valence-corrected chi connectivity index (χ2v) is 9.14. The molecule has 4 rings (SSSR count). The van der Waals surface area contributed by atoms with E-state index in [4.69, 9.17) is 4.74 Å². The van der Waals surface area contributed by atoms with Crippen LogP contribution in [0.5, 0.6) is 0 Å². The summed E-state index contributed by atoms with van der Waals surface area (Å²) in [6, 6.07) is 9.17. The van der Waals surface area contributed by atoms with Crippen LogP contribution in [0.15, 0.2) is 29.3 Å². The van der Waals surface area contributed by atoms with E-state index in [2.05, 4.69) is 56.6 Å². The zero-order valence-electron chi connectivity index (χ0n) is 19.4. The zero-order valence-corrected chi connectivity index (χ0v) is 21.7. The van der Waals surface area contributed by atoms with Gasteiger partial charge in [-0.1, -0.05) is 29.8 Å². The van der Waals surface area contributed by atoms with Crippen molar-refractivity contribution in [3.8, 4) is 0 Å². The van der Waals surface area contributed by atoms with Gasteiger partial charge in [0.05, 0.1) is 12.6 Å². The summed E-state index contributed by atoms with van der Waals surface area (Å²) in [4.78, 5) is 21.1. The van der Waals surface area contributed by atoms with Crippen molar-refractivity contribution >= 4 is 35.8 Å². The van der Waals surface area contributed by atoms with Gasteiger partial charge in [-0.05, 0) is 38.2 Å². The first-order valence-corrected chi connectivity index (χ1v) is 11.8. The Morgan fingerprint density at radius 1 is 1.12 bits per heavy atom. The van der Waals surface area contributed by atoms with Crippen LogP contribution in [0, 0.1) is 12.8 Å². The highest BCUT2D eigenvalue weighted by molar-refractivity contribution is 14.0. The predicted octanol–water partition coefficient (Wildman–Crippen LogP) is 2.55. The van der Waals surface area contributed by atoms with Gasteiger partial charge in [-0.3, -0.25) is 14.7 Å². The molecule has 0 aromatic heterocycles. The van der Waals surface area contributed by atoms with Gasteiger partial charge < -0.3 is 20.3 Å². The van der Waals surface area contributed by atoms with E-state index in [1.165, 1.54) is 11.1 Å². The number of piperazine rings is 1. The molecule has 3 aliphatic rings. The van der Waals surface area contributed by atoms with Gasteiger partial charge in [0.2, 0.25) is 5.91 Å². The van der Waals surface area contributed by atoms with Gasteiger partial charge in [0, 0.05) is 58.3 Å². The fourth-order valence-electron chi connectivity index (χ4n) is 4.55. The molecule has 2 atom stereocenters. The molecule has 2 aliphatic heterocycles. The van der Waals surface area contributed by atoms with Crippen LogP contribution >= 0.6 is 24.0 Å². The van der Waals surface area contributed by atoms with E-state index < -0.39 is 0 Å². The number of carbonyl (C=O) groups excluding carboxylic acids is 1. The smallest absolute Gasteiger partial charge is 0.234 e. The topological polar surface area (TPSA) is 69.2 Å². The summed E-state index contributed by atoms with van der Waals surface area (Å²) in [5, 5.41) is 6.69. The maximum absolute atomic E-state index is 12.1. The summed E-state index contributed by atoms with van der Waals surface area (Å²) in [7, 11) is 1.85. The molecule has 32 heavy (non-hydrogen) atoms. The van der Waals surface area contributed by atoms with Crippen LogP contribution in [-0.2, 0) is 9.53 Å². The molecule has 2 N–H and O–H groups in total. The summed E-state index contributed by atoms with van der Waals surface area (Å²) in [6.45, 7) is 7.86. The number of aliphatic imine (C=N–C) groups is 1. The number of amides is 1. The number of halogens is 1. The Bertz CT molecular complexity index is 760. The highest BCUT2D eigenvalue weighted by Crippen LogP contribution is 2.33. The molecule has 2 unspecified atom stereocenters. The van der Waals surface area contributed by atoms with Crippen LogP contribution < -0.4 is 10.6 Å². The van der Waals surface area contributed by atoms with E-state index in [0.717, 1.165) is 71.0 Å². The first-order valence-electron chi connectivity index (χ1n) is 11.8. The van der Waals surface area contributed by atoms with Crippen LogP contribution in [-0.4, -0.2) is 80.6 Å². The molecule has 178 valence electrons. The molecule has 1 aromatic rings. The Morgan fingerprint density at radius 2 is 1.84 bits per heavy atom. The normalized spacial score (nSPS) is 24.6. The van der Waals surface area contributed by atoms with Gasteiger partial charge in [0.25, 0.3) is 0 Å². The summed E-state index contributed by atoms with van der Waals surface area (Å²) >= 11 is 0. The lowest BCUT2D eigenvalue weighted by molar-refractivity contribution is -0.122. The molecule has 1 aliphatic carbocycles. The number of aryl methyl sites for hydroxylation is 1. The third kappa shape index (κ3) is 7.05. The molecule has 3 fully saturated rings. The van der Waals surface area contributed by atoms with E-state index >= 15 is 0 Å². The third-order valence-corrected chi connectivity index (χ3v) is 6.57. The molecule has 1 saturated carbocycles.